The first-order chi connectivity index (χ1) is 12.7. The number of H-pyrrole nitrogens is 1. The van der Waals surface area contributed by atoms with Crippen molar-refractivity contribution in [2.24, 2.45) is 0 Å². The smallest absolute Gasteiger partial charge is 0.278 e. The molecule has 1 aliphatic rings. The highest BCUT2D eigenvalue weighted by Gasteiger charge is 2.28. The summed E-state index contributed by atoms with van der Waals surface area (Å²) in [5.41, 5.74) is 4.79. The fraction of sp³-hybridized carbons (Fsp3) is 0.333. The number of carbonyl (C=O) groups is 1. The lowest BCUT2D eigenvalue weighted by Crippen LogP contribution is -2.36. The number of carbonyl (C=O) groups excluding carboxylic acids is 1. The van der Waals surface area contributed by atoms with Gasteiger partial charge in [-0.3, -0.25) is 9.89 Å². The van der Waals surface area contributed by atoms with E-state index in [1.54, 1.807) is 11.8 Å². The van der Waals surface area contributed by atoms with Crippen LogP contribution in [0.1, 0.15) is 38.7 Å². The average Bonchev–Trinajstić information content (AvgIpc) is 3.28. The van der Waals surface area contributed by atoms with E-state index in [2.05, 4.69) is 25.1 Å². The zero-order valence-corrected chi connectivity index (χ0v) is 14.4. The van der Waals surface area contributed by atoms with Gasteiger partial charge in [0.05, 0.1) is 18.9 Å². The van der Waals surface area contributed by atoms with Crippen LogP contribution < -0.4 is 0 Å². The van der Waals surface area contributed by atoms with Crippen LogP contribution in [0.4, 0.5) is 0 Å². The lowest BCUT2D eigenvalue weighted by Gasteiger charge is -2.26. The van der Waals surface area contributed by atoms with Crippen molar-refractivity contribution in [2.45, 2.75) is 33.1 Å². The van der Waals surface area contributed by atoms with Gasteiger partial charge in [0, 0.05) is 30.8 Å². The molecule has 0 unspecified atom stereocenters. The third-order valence-electron chi connectivity index (χ3n) is 4.51. The van der Waals surface area contributed by atoms with Gasteiger partial charge in [0.25, 0.3) is 5.91 Å². The second kappa shape index (κ2) is 7.09. The molecular formula is C18H19N5O3. The van der Waals surface area contributed by atoms with Gasteiger partial charge in [-0.25, -0.2) is 4.63 Å². The van der Waals surface area contributed by atoms with Crippen LogP contribution in [0, 0.1) is 6.92 Å². The number of aryl methyl sites for hydroxylation is 1. The van der Waals surface area contributed by atoms with E-state index in [-0.39, 0.29) is 11.6 Å². The van der Waals surface area contributed by atoms with Crippen LogP contribution in [0.15, 0.2) is 35.0 Å². The first-order valence-electron chi connectivity index (χ1n) is 8.47. The maximum Gasteiger partial charge on any atom is 0.278 e. The minimum atomic E-state index is -0.174. The van der Waals surface area contributed by atoms with Crippen molar-refractivity contribution < 1.29 is 14.2 Å². The molecule has 2 aromatic heterocycles. The van der Waals surface area contributed by atoms with Crippen molar-refractivity contribution in [3.63, 3.8) is 0 Å². The van der Waals surface area contributed by atoms with Gasteiger partial charge in [-0.05, 0) is 17.6 Å². The zero-order valence-electron chi connectivity index (χ0n) is 14.4. The molecule has 1 N–H and O–H groups in total. The van der Waals surface area contributed by atoms with Gasteiger partial charge in [0.2, 0.25) is 0 Å². The molecule has 1 aliphatic heterocycles. The van der Waals surface area contributed by atoms with E-state index in [1.165, 1.54) is 0 Å². The molecule has 1 aromatic carbocycles. The van der Waals surface area contributed by atoms with Crippen molar-refractivity contribution in [2.75, 3.05) is 6.54 Å². The fourth-order valence-corrected chi connectivity index (χ4v) is 3.06. The Morgan fingerprint density at radius 3 is 2.88 bits per heavy atom. The Morgan fingerprint density at radius 1 is 1.27 bits per heavy atom. The third kappa shape index (κ3) is 3.23. The standard InChI is InChI=1S/C18H19N5O3/c1-12-17(22-26-21-12)18(24)23-8-7-15-14(9-23)16(20-19-15)11-25-10-13-5-3-2-4-6-13/h2-6H,7-11H2,1H3,(H,19,20). The predicted molar refractivity (Wildman–Crippen MR) is 91.0 cm³/mol. The molecule has 4 rings (SSSR count). The number of nitrogens with zero attached hydrogens (tertiary/aromatic N) is 4. The largest absolute Gasteiger partial charge is 0.370 e. The normalized spacial score (nSPS) is 13.7. The number of aromatic nitrogens is 4. The predicted octanol–water partition coefficient (Wildman–Crippen LogP) is 2.02. The molecule has 0 saturated heterocycles. The summed E-state index contributed by atoms with van der Waals surface area (Å²) in [4.78, 5) is 14.4. The number of hydrogen-bond acceptors (Lipinski definition) is 6. The lowest BCUT2D eigenvalue weighted by molar-refractivity contribution is 0.0717. The summed E-state index contributed by atoms with van der Waals surface area (Å²) < 4.78 is 10.4. The van der Waals surface area contributed by atoms with Crippen LogP contribution in [0.2, 0.25) is 0 Å². The second-order valence-electron chi connectivity index (χ2n) is 6.28. The summed E-state index contributed by atoms with van der Waals surface area (Å²) in [6.45, 7) is 3.70. The summed E-state index contributed by atoms with van der Waals surface area (Å²) in [5, 5.41) is 14.8. The number of aromatic amines is 1. The SMILES string of the molecule is Cc1nonc1C(=O)N1CCc2[nH]nc(COCc3ccccc3)c2C1. The quantitative estimate of drug-likeness (QED) is 0.754. The number of benzene rings is 1. The van der Waals surface area contributed by atoms with Crippen molar-refractivity contribution in [3.05, 3.63) is 64.2 Å². The van der Waals surface area contributed by atoms with Crippen LogP contribution in [-0.4, -0.2) is 37.9 Å². The van der Waals surface area contributed by atoms with E-state index in [4.69, 9.17) is 4.74 Å². The summed E-state index contributed by atoms with van der Waals surface area (Å²) in [5.74, 6) is -0.174. The Labute approximate surface area is 150 Å². The molecule has 0 fully saturated rings. The van der Waals surface area contributed by atoms with E-state index in [1.807, 2.05) is 30.3 Å². The van der Waals surface area contributed by atoms with Crippen molar-refractivity contribution in [1.29, 1.82) is 0 Å². The molecule has 1 amide bonds. The summed E-state index contributed by atoms with van der Waals surface area (Å²) in [6, 6.07) is 9.99. The molecule has 8 nitrogen and oxygen atoms in total. The molecule has 0 atom stereocenters. The molecule has 0 spiro atoms. The fourth-order valence-electron chi connectivity index (χ4n) is 3.06. The van der Waals surface area contributed by atoms with Crippen LogP contribution in [0.3, 0.4) is 0 Å². The van der Waals surface area contributed by atoms with E-state index in [0.717, 1.165) is 28.9 Å². The van der Waals surface area contributed by atoms with Gasteiger partial charge in [-0.2, -0.15) is 5.10 Å². The van der Waals surface area contributed by atoms with E-state index >= 15 is 0 Å². The molecule has 8 heteroatoms. The highest BCUT2D eigenvalue weighted by atomic mass is 16.6. The molecule has 26 heavy (non-hydrogen) atoms. The molecule has 0 bridgehead atoms. The second-order valence-corrected chi connectivity index (χ2v) is 6.28. The maximum atomic E-state index is 12.6. The van der Waals surface area contributed by atoms with Crippen molar-refractivity contribution >= 4 is 5.91 Å². The number of fused-ring (bicyclic) bond motifs is 1. The van der Waals surface area contributed by atoms with Crippen LogP contribution in [-0.2, 0) is 30.9 Å². The Kier molecular flexibility index (Phi) is 4.49. The molecule has 3 aromatic rings. The Balaban J connectivity index is 1.43. The maximum absolute atomic E-state index is 12.6. The van der Waals surface area contributed by atoms with E-state index < -0.39 is 0 Å². The van der Waals surface area contributed by atoms with Crippen molar-refractivity contribution in [3.8, 4) is 0 Å². The lowest BCUT2D eigenvalue weighted by atomic mass is 10.0. The molecule has 3 heterocycles. The number of hydrogen-bond donors (Lipinski definition) is 1. The highest BCUT2D eigenvalue weighted by molar-refractivity contribution is 5.93. The van der Waals surface area contributed by atoms with Crippen molar-refractivity contribution in [1.82, 2.24) is 25.4 Å². The van der Waals surface area contributed by atoms with Gasteiger partial charge in [-0.15, -0.1) is 0 Å². The first-order valence-corrected chi connectivity index (χ1v) is 8.47. The first kappa shape index (κ1) is 16.5. The minimum Gasteiger partial charge on any atom is -0.370 e. The van der Waals surface area contributed by atoms with E-state index in [9.17, 15) is 4.79 Å². The minimum absolute atomic E-state index is 0.174. The van der Waals surface area contributed by atoms with Gasteiger partial charge in [0.15, 0.2) is 5.69 Å². The summed E-state index contributed by atoms with van der Waals surface area (Å²) in [7, 11) is 0. The van der Waals surface area contributed by atoms with Gasteiger partial charge in [0.1, 0.15) is 5.69 Å². The van der Waals surface area contributed by atoms with Crippen LogP contribution in [0.5, 0.6) is 0 Å². The monoisotopic (exact) mass is 353 g/mol. The number of nitrogens with one attached hydrogen (secondary N) is 1. The highest BCUT2D eigenvalue weighted by Crippen LogP contribution is 2.23. The topological polar surface area (TPSA) is 97.1 Å². The van der Waals surface area contributed by atoms with Crippen LogP contribution in [0.25, 0.3) is 0 Å². The Hall–Kier alpha value is -3.00. The third-order valence-corrected chi connectivity index (χ3v) is 4.51. The average molecular weight is 353 g/mol. The van der Waals surface area contributed by atoms with Gasteiger partial charge >= 0.3 is 0 Å². The molecule has 134 valence electrons. The molecule has 0 radical (unpaired) electrons. The van der Waals surface area contributed by atoms with Crippen LogP contribution >= 0.6 is 0 Å². The zero-order chi connectivity index (χ0) is 17.9. The molecule has 0 aliphatic carbocycles. The van der Waals surface area contributed by atoms with E-state index in [0.29, 0.717) is 32.0 Å². The van der Waals surface area contributed by atoms with Gasteiger partial charge < -0.3 is 9.64 Å². The Morgan fingerprint density at radius 2 is 2.12 bits per heavy atom. The summed E-state index contributed by atoms with van der Waals surface area (Å²) in [6.07, 6.45) is 0.719. The molecule has 0 saturated carbocycles. The Bertz CT molecular complexity index is 903. The molecular weight excluding hydrogens is 334 g/mol. The van der Waals surface area contributed by atoms with Gasteiger partial charge in [-0.1, -0.05) is 35.5 Å². The summed E-state index contributed by atoms with van der Waals surface area (Å²) >= 11 is 0. The number of rotatable bonds is 5. The number of ether oxygens (including phenoxy) is 1. The number of amides is 1.